The molecule has 0 saturated heterocycles. The summed E-state index contributed by atoms with van der Waals surface area (Å²) in [4.78, 5) is 23.6. The van der Waals surface area contributed by atoms with Gasteiger partial charge in [-0.05, 0) is 73.4 Å². The summed E-state index contributed by atoms with van der Waals surface area (Å²) in [6.45, 7) is 4.35. The number of rotatable bonds is 6. The number of carbonyl (C=O) groups excluding carboxylic acids is 1. The van der Waals surface area contributed by atoms with Crippen LogP contribution in [0.2, 0.25) is 0 Å². The van der Waals surface area contributed by atoms with Crippen LogP contribution in [0.4, 0.5) is 4.39 Å². The molecule has 4 rings (SSSR count). The van der Waals surface area contributed by atoms with E-state index in [-0.39, 0.29) is 18.1 Å². The van der Waals surface area contributed by atoms with Gasteiger partial charge >= 0.3 is 0 Å². The number of nitrogens with zero attached hydrogens (tertiary/aromatic N) is 4. The molecule has 1 amide bonds. The van der Waals surface area contributed by atoms with Crippen molar-refractivity contribution < 1.29 is 9.18 Å². The molecular formula is C25H25FN4O. The number of amides is 1. The fourth-order valence-corrected chi connectivity index (χ4v) is 3.64. The van der Waals surface area contributed by atoms with Gasteiger partial charge < -0.3 is 9.30 Å². The van der Waals surface area contributed by atoms with Crippen LogP contribution in [-0.4, -0.2) is 38.8 Å². The highest BCUT2D eigenvalue weighted by Gasteiger charge is 2.20. The first kappa shape index (κ1) is 20.7. The molecule has 0 bridgehead atoms. The van der Waals surface area contributed by atoms with E-state index < -0.39 is 0 Å². The van der Waals surface area contributed by atoms with Crippen LogP contribution in [0.25, 0.3) is 16.9 Å². The van der Waals surface area contributed by atoms with Gasteiger partial charge in [-0.15, -0.1) is 0 Å². The Morgan fingerprint density at radius 3 is 2.61 bits per heavy atom. The summed E-state index contributed by atoms with van der Waals surface area (Å²) in [7, 11) is 1.82. The van der Waals surface area contributed by atoms with Crippen molar-refractivity contribution in [3.8, 4) is 11.3 Å². The van der Waals surface area contributed by atoms with E-state index >= 15 is 0 Å². The molecule has 31 heavy (non-hydrogen) atoms. The number of imidazole rings is 1. The smallest absolute Gasteiger partial charge is 0.228 e. The Hall–Kier alpha value is -3.54. The SMILES string of the molecule is Cc1ccc2nc(-c3ccc(F)c(C)c3)c(CC(=O)N(C)CCc3ccncc3)n2c1. The van der Waals surface area contributed by atoms with Gasteiger partial charge in [-0.25, -0.2) is 9.37 Å². The Labute approximate surface area is 181 Å². The fourth-order valence-electron chi connectivity index (χ4n) is 3.64. The second-order valence-corrected chi connectivity index (χ2v) is 7.90. The van der Waals surface area contributed by atoms with E-state index in [4.69, 9.17) is 4.98 Å². The second-order valence-electron chi connectivity index (χ2n) is 7.90. The number of pyridine rings is 2. The molecule has 0 saturated carbocycles. The molecule has 0 fully saturated rings. The molecule has 0 atom stereocenters. The molecule has 0 aliphatic rings. The number of hydrogen-bond donors (Lipinski definition) is 0. The van der Waals surface area contributed by atoms with Crippen LogP contribution in [0.3, 0.4) is 0 Å². The second kappa shape index (κ2) is 8.68. The van der Waals surface area contributed by atoms with Crippen molar-refractivity contribution in [1.29, 1.82) is 0 Å². The normalized spacial score (nSPS) is 11.1. The molecule has 0 spiro atoms. The van der Waals surface area contributed by atoms with Crippen molar-refractivity contribution in [2.24, 2.45) is 0 Å². The average molecular weight is 417 g/mol. The lowest BCUT2D eigenvalue weighted by atomic mass is 10.1. The minimum atomic E-state index is -0.253. The summed E-state index contributed by atoms with van der Waals surface area (Å²) in [5, 5.41) is 0. The Kier molecular flexibility index (Phi) is 5.80. The molecule has 1 aromatic carbocycles. The van der Waals surface area contributed by atoms with Crippen molar-refractivity contribution in [2.45, 2.75) is 26.7 Å². The minimum Gasteiger partial charge on any atom is -0.345 e. The van der Waals surface area contributed by atoms with Gasteiger partial charge in [0.05, 0.1) is 17.8 Å². The molecule has 6 heteroatoms. The lowest BCUT2D eigenvalue weighted by Crippen LogP contribution is -2.30. The monoisotopic (exact) mass is 416 g/mol. The maximum atomic E-state index is 13.8. The largest absolute Gasteiger partial charge is 0.345 e. The quantitative estimate of drug-likeness (QED) is 0.468. The van der Waals surface area contributed by atoms with Gasteiger partial charge in [-0.3, -0.25) is 9.78 Å². The number of fused-ring (bicyclic) bond motifs is 1. The van der Waals surface area contributed by atoms with Gasteiger partial charge in [0.25, 0.3) is 0 Å². The van der Waals surface area contributed by atoms with Crippen LogP contribution in [0, 0.1) is 19.7 Å². The van der Waals surface area contributed by atoms with Gasteiger partial charge in [0, 0.05) is 37.7 Å². The zero-order valence-corrected chi connectivity index (χ0v) is 18.0. The van der Waals surface area contributed by atoms with E-state index in [0.29, 0.717) is 17.8 Å². The van der Waals surface area contributed by atoms with Crippen LogP contribution >= 0.6 is 0 Å². The number of aromatic nitrogens is 3. The number of hydrogen-bond acceptors (Lipinski definition) is 3. The van der Waals surface area contributed by atoms with E-state index in [0.717, 1.165) is 34.5 Å². The van der Waals surface area contributed by atoms with Crippen LogP contribution in [0.15, 0.2) is 61.1 Å². The van der Waals surface area contributed by atoms with Crippen molar-refractivity contribution in [3.05, 3.63) is 89.3 Å². The van der Waals surface area contributed by atoms with Crippen molar-refractivity contribution in [1.82, 2.24) is 19.3 Å². The van der Waals surface area contributed by atoms with Crippen LogP contribution in [0.1, 0.15) is 22.4 Å². The van der Waals surface area contributed by atoms with E-state index in [1.54, 1.807) is 36.4 Å². The standard InChI is InChI=1S/C25H25FN4O/c1-17-4-7-23-28-25(20-5-6-21(26)18(2)14-20)22(30(23)16-17)15-24(31)29(3)13-10-19-8-11-27-12-9-19/h4-9,11-12,14,16H,10,13,15H2,1-3H3. The summed E-state index contributed by atoms with van der Waals surface area (Å²) >= 11 is 0. The van der Waals surface area contributed by atoms with Crippen molar-refractivity contribution >= 4 is 11.6 Å². The number of aryl methyl sites for hydroxylation is 2. The highest BCUT2D eigenvalue weighted by Crippen LogP contribution is 2.27. The molecule has 5 nitrogen and oxygen atoms in total. The summed E-state index contributed by atoms with van der Waals surface area (Å²) < 4.78 is 15.8. The number of carbonyl (C=O) groups is 1. The average Bonchev–Trinajstić information content (AvgIpc) is 3.12. The number of benzene rings is 1. The van der Waals surface area contributed by atoms with Gasteiger partial charge in [-0.2, -0.15) is 0 Å². The van der Waals surface area contributed by atoms with E-state index in [9.17, 15) is 9.18 Å². The molecule has 158 valence electrons. The summed E-state index contributed by atoms with van der Waals surface area (Å²) in [5.74, 6) is -0.241. The van der Waals surface area contributed by atoms with E-state index in [1.807, 2.05) is 48.8 Å². The lowest BCUT2D eigenvalue weighted by Gasteiger charge is -2.17. The van der Waals surface area contributed by atoms with Gasteiger partial charge in [-0.1, -0.05) is 6.07 Å². The number of likely N-dealkylation sites (N-methyl/N-ethyl adjacent to an activating group) is 1. The third-order valence-electron chi connectivity index (χ3n) is 5.53. The van der Waals surface area contributed by atoms with Gasteiger partial charge in [0.2, 0.25) is 5.91 Å². The first-order valence-electron chi connectivity index (χ1n) is 10.3. The van der Waals surface area contributed by atoms with E-state index in [2.05, 4.69) is 4.98 Å². The summed E-state index contributed by atoms with van der Waals surface area (Å²) in [6.07, 6.45) is 6.48. The molecule has 3 aromatic heterocycles. The first-order valence-corrected chi connectivity index (χ1v) is 10.3. The molecule has 0 aliphatic heterocycles. The molecule has 0 unspecified atom stereocenters. The van der Waals surface area contributed by atoms with Crippen LogP contribution < -0.4 is 0 Å². The van der Waals surface area contributed by atoms with Crippen molar-refractivity contribution in [3.63, 3.8) is 0 Å². The first-order chi connectivity index (χ1) is 14.9. The molecule has 0 N–H and O–H groups in total. The Balaban J connectivity index is 1.64. The number of halogens is 1. The maximum Gasteiger partial charge on any atom is 0.228 e. The molecular weight excluding hydrogens is 391 g/mol. The van der Waals surface area contributed by atoms with Gasteiger partial charge in [0.1, 0.15) is 11.5 Å². The van der Waals surface area contributed by atoms with Crippen LogP contribution in [0.5, 0.6) is 0 Å². The highest BCUT2D eigenvalue weighted by atomic mass is 19.1. The predicted octanol–water partition coefficient (Wildman–Crippen LogP) is 4.40. The Morgan fingerprint density at radius 2 is 1.87 bits per heavy atom. The van der Waals surface area contributed by atoms with E-state index in [1.165, 1.54) is 6.07 Å². The zero-order valence-electron chi connectivity index (χ0n) is 18.0. The molecule has 4 aromatic rings. The maximum absolute atomic E-state index is 13.8. The van der Waals surface area contributed by atoms with Crippen molar-refractivity contribution in [2.75, 3.05) is 13.6 Å². The topological polar surface area (TPSA) is 50.5 Å². The minimum absolute atomic E-state index is 0.0115. The third kappa shape index (κ3) is 4.48. The van der Waals surface area contributed by atoms with Crippen LogP contribution in [-0.2, 0) is 17.6 Å². The molecule has 0 radical (unpaired) electrons. The van der Waals surface area contributed by atoms with Gasteiger partial charge in [0.15, 0.2) is 0 Å². The third-order valence-corrected chi connectivity index (χ3v) is 5.53. The highest BCUT2D eigenvalue weighted by molar-refractivity contribution is 5.81. The fraction of sp³-hybridized carbons (Fsp3) is 0.240. The lowest BCUT2D eigenvalue weighted by molar-refractivity contribution is -0.129. The summed E-state index contributed by atoms with van der Waals surface area (Å²) in [6, 6.07) is 12.8. The molecule has 3 heterocycles. The predicted molar refractivity (Wildman–Crippen MR) is 119 cm³/mol. The zero-order chi connectivity index (χ0) is 22.0. The Bertz CT molecular complexity index is 1230. The summed E-state index contributed by atoms with van der Waals surface area (Å²) in [5.41, 5.74) is 5.87. The Morgan fingerprint density at radius 1 is 1.10 bits per heavy atom. The molecule has 0 aliphatic carbocycles.